The molecule has 1 aromatic carbocycles. The molecule has 0 aliphatic carbocycles. The zero-order valence-electron chi connectivity index (χ0n) is 12.0. The van der Waals surface area contributed by atoms with Gasteiger partial charge in [-0.15, -0.1) is 0 Å². The van der Waals surface area contributed by atoms with Crippen molar-refractivity contribution >= 4 is 5.69 Å². The molecule has 0 saturated carbocycles. The summed E-state index contributed by atoms with van der Waals surface area (Å²) in [4.78, 5) is 13.4. The van der Waals surface area contributed by atoms with Crippen LogP contribution in [0.25, 0.3) is 0 Å². The first kappa shape index (κ1) is 14.9. The van der Waals surface area contributed by atoms with E-state index in [1.165, 1.54) is 0 Å². The molecule has 0 radical (unpaired) electrons. The first-order valence-electron chi connectivity index (χ1n) is 7.42. The number of para-hydroxylation sites is 1. The molecule has 0 amide bonds. The van der Waals surface area contributed by atoms with Crippen molar-refractivity contribution < 1.29 is 4.92 Å². The maximum absolute atomic E-state index is 11.3. The molecule has 1 fully saturated rings. The minimum absolute atomic E-state index is 0.165. The molecule has 110 valence electrons. The maximum atomic E-state index is 11.3. The van der Waals surface area contributed by atoms with Gasteiger partial charge in [0.1, 0.15) is 0 Å². The van der Waals surface area contributed by atoms with E-state index in [2.05, 4.69) is 17.1 Å². The molecule has 1 aliphatic rings. The van der Waals surface area contributed by atoms with Gasteiger partial charge in [0.2, 0.25) is 0 Å². The maximum Gasteiger partial charge on any atom is 0.274 e. The quantitative estimate of drug-likeness (QED) is 0.641. The molecular formula is C15H23N3O2. The topological polar surface area (TPSA) is 58.4 Å². The number of unbranched alkanes of at least 4 members (excludes halogenated alkanes) is 1. The predicted molar refractivity (Wildman–Crippen MR) is 79.8 cm³/mol. The number of hydrogen-bond donors (Lipinski definition) is 1. The van der Waals surface area contributed by atoms with Gasteiger partial charge >= 0.3 is 0 Å². The number of rotatable bonds is 6. The molecule has 5 nitrogen and oxygen atoms in total. The summed E-state index contributed by atoms with van der Waals surface area (Å²) in [6.45, 7) is 6.00. The number of nitro benzene ring substituents is 1. The highest BCUT2D eigenvalue weighted by Crippen LogP contribution is 2.33. The second kappa shape index (κ2) is 7.36. The van der Waals surface area contributed by atoms with E-state index in [-0.39, 0.29) is 16.7 Å². The van der Waals surface area contributed by atoms with Crippen molar-refractivity contribution in [3.63, 3.8) is 0 Å². The standard InChI is InChI=1S/C15H23N3O2/c1-2-3-7-14(17-11-9-16-10-12-17)13-6-4-5-8-15(13)18(19)20/h4-6,8,14,16H,2-3,7,9-12H2,1H3/t14-/m0/s1. The summed E-state index contributed by atoms with van der Waals surface area (Å²) in [6.07, 6.45) is 3.20. The lowest BCUT2D eigenvalue weighted by atomic mass is 9.97. The third-order valence-corrected chi connectivity index (χ3v) is 3.92. The van der Waals surface area contributed by atoms with Gasteiger partial charge in [-0.2, -0.15) is 0 Å². The van der Waals surface area contributed by atoms with E-state index in [4.69, 9.17) is 0 Å². The molecule has 2 rings (SSSR count). The van der Waals surface area contributed by atoms with E-state index in [0.29, 0.717) is 0 Å². The normalized spacial score (nSPS) is 17.9. The van der Waals surface area contributed by atoms with Gasteiger partial charge in [0.25, 0.3) is 5.69 Å². The van der Waals surface area contributed by atoms with Gasteiger partial charge in [-0.05, 0) is 6.42 Å². The molecule has 0 bridgehead atoms. The Hall–Kier alpha value is -1.46. The van der Waals surface area contributed by atoms with Crippen LogP contribution in [0.2, 0.25) is 0 Å². The average Bonchev–Trinajstić information content (AvgIpc) is 2.49. The lowest BCUT2D eigenvalue weighted by molar-refractivity contribution is -0.386. The summed E-state index contributed by atoms with van der Waals surface area (Å²) in [5.41, 5.74) is 1.12. The fourth-order valence-corrected chi connectivity index (χ4v) is 2.86. The molecule has 1 aromatic rings. The van der Waals surface area contributed by atoms with Crippen LogP contribution in [0.15, 0.2) is 24.3 Å². The van der Waals surface area contributed by atoms with Crippen LogP contribution >= 0.6 is 0 Å². The molecular weight excluding hydrogens is 254 g/mol. The van der Waals surface area contributed by atoms with Crippen molar-refractivity contribution in [2.45, 2.75) is 32.2 Å². The highest BCUT2D eigenvalue weighted by Gasteiger charge is 2.27. The van der Waals surface area contributed by atoms with E-state index in [0.717, 1.165) is 51.0 Å². The summed E-state index contributed by atoms with van der Waals surface area (Å²) in [5.74, 6) is 0. The lowest BCUT2D eigenvalue weighted by Gasteiger charge is -2.35. The number of nitrogens with one attached hydrogen (secondary N) is 1. The Bertz CT molecular complexity index is 444. The minimum Gasteiger partial charge on any atom is -0.314 e. The van der Waals surface area contributed by atoms with Crippen molar-refractivity contribution in [2.24, 2.45) is 0 Å². The molecule has 1 N–H and O–H groups in total. The minimum atomic E-state index is -0.253. The van der Waals surface area contributed by atoms with Crippen molar-refractivity contribution in [1.82, 2.24) is 10.2 Å². The molecule has 1 heterocycles. The number of nitro groups is 1. The van der Waals surface area contributed by atoms with Crippen LogP contribution in [-0.4, -0.2) is 36.0 Å². The van der Waals surface area contributed by atoms with Crippen LogP contribution in [0.3, 0.4) is 0 Å². The Labute approximate surface area is 120 Å². The third-order valence-electron chi connectivity index (χ3n) is 3.92. The molecule has 1 atom stereocenters. The Morgan fingerprint density at radius 1 is 1.35 bits per heavy atom. The molecule has 0 aromatic heterocycles. The van der Waals surface area contributed by atoms with Crippen LogP contribution < -0.4 is 5.32 Å². The molecule has 0 spiro atoms. The van der Waals surface area contributed by atoms with Gasteiger partial charge in [0.05, 0.1) is 4.92 Å². The monoisotopic (exact) mass is 277 g/mol. The summed E-state index contributed by atoms with van der Waals surface area (Å²) >= 11 is 0. The van der Waals surface area contributed by atoms with Gasteiger partial charge in [-0.1, -0.05) is 38.0 Å². The Morgan fingerprint density at radius 2 is 2.05 bits per heavy atom. The highest BCUT2D eigenvalue weighted by atomic mass is 16.6. The third kappa shape index (κ3) is 3.55. The zero-order chi connectivity index (χ0) is 14.4. The predicted octanol–water partition coefficient (Wildman–Crippen LogP) is 2.73. The first-order chi connectivity index (χ1) is 9.74. The van der Waals surface area contributed by atoms with Crippen molar-refractivity contribution in [2.75, 3.05) is 26.2 Å². The van der Waals surface area contributed by atoms with Crippen LogP contribution in [-0.2, 0) is 0 Å². The summed E-state index contributed by atoms with van der Waals surface area (Å²) < 4.78 is 0. The highest BCUT2D eigenvalue weighted by molar-refractivity contribution is 5.42. The van der Waals surface area contributed by atoms with E-state index in [9.17, 15) is 10.1 Å². The van der Waals surface area contributed by atoms with Crippen LogP contribution in [0.5, 0.6) is 0 Å². The Balaban J connectivity index is 2.27. The number of nitrogens with zero attached hydrogens (tertiary/aromatic N) is 2. The van der Waals surface area contributed by atoms with E-state index >= 15 is 0 Å². The molecule has 1 aliphatic heterocycles. The average molecular weight is 277 g/mol. The van der Waals surface area contributed by atoms with E-state index in [1.807, 2.05) is 12.1 Å². The largest absolute Gasteiger partial charge is 0.314 e. The number of benzene rings is 1. The van der Waals surface area contributed by atoms with Crippen molar-refractivity contribution in [3.05, 3.63) is 39.9 Å². The first-order valence-corrected chi connectivity index (χ1v) is 7.42. The fourth-order valence-electron chi connectivity index (χ4n) is 2.86. The zero-order valence-corrected chi connectivity index (χ0v) is 12.0. The van der Waals surface area contributed by atoms with Crippen molar-refractivity contribution in [3.8, 4) is 0 Å². The van der Waals surface area contributed by atoms with Crippen LogP contribution in [0, 0.1) is 10.1 Å². The number of piperazine rings is 1. The molecule has 0 unspecified atom stereocenters. The fraction of sp³-hybridized carbons (Fsp3) is 0.600. The van der Waals surface area contributed by atoms with Gasteiger partial charge in [-0.25, -0.2) is 0 Å². The molecule has 5 heteroatoms. The summed E-state index contributed by atoms with van der Waals surface area (Å²) in [7, 11) is 0. The van der Waals surface area contributed by atoms with Crippen LogP contribution in [0.4, 0.5) is 5.69 Å². The lowest BCUT2D eigenvalue weighted by Crippen LogP contribution is -2.45. The molecule has 1 saturated heterocycles. The Kier molecular flexibility index (Phi) is 5.49. The molecule has 20 heavy (non-hydrogen) atoms. The van der Waals surface area contributed by atoms with Gasteiger partial charge in [0.15, 0.2) is 0 Å². The van der Waals surface area contributed by atoms with Crippen LogP contribution in [0.1, 0.15) is 37.8 Å². The van der Waals surface area contributed by atoms with Gasteiger partial charge < -0.3 is 5.32 Å². The second-order valence-corrected chi connectivity index (χ2v) is 5.26. The number of hydrogen-bond acceptors (Lipinski definition) is 4. The SMILES string of the molecule is CCCC[C@@H](c1ccccc1[N+](=O)[O-])N1CCNCC1. The second-order valence-electron chi connectivity index (χ2n) is 5.26. The van der Waals surface area contributed by atoms with Gasteiger partial charge in [0, 0.05) is 43.9 Å². The van der Waals surface area contributed by atoms with Crippen molar-refractivity contribution in [1.29, 1.82) is 0 Å². The smallest absolute Gasteiger partial charge is 0.274 e. The summed E-state index contributed by atoms with van der Waals surface area (Å²) in [5, 5.41) is 14.6. The van der Waals surface area contributed by atoms with E-state index < -0.39 is 0 Å². The van der Waals surface area contributed by atoms with Gasteiger partial charge in [-0.3, -0.25) is 15.0 Å². The summed E-state index contributed by atoms with van der Waals surface area (Å²) in [6, 6.07) is 7.36. The van der Waals surface area contributed by atoms with E-state index in [1.54, 1.807) is 12.1 Å². The Morgan fingerprint density at radius 3 is 2.70 bits per heavy atom.